The minimum atomic E-state index is -0.358. The van der Waals surface area contributed by atoms with Crippen molar-refractivity contribution in [1.29, 1.82) is 0 Å². The van der Waals surface area contributed by atoms with Crippen LogP contribution in [0.25, 0.3) is 21.9 Å². The van der Waals surface area contributed by atoms with Gasteiger partial charge in [-0.3, -0.25) is 0 Å². The number of nitrogens with two attached hydrogens (primary N) is 1. The highest BCUT2D eigenvalue weighted by Crippen LogP contribution is 2.31. The quantitative estimate of drug-likeness (QED) is 0.633. The third-order valence-electron chi connectivity index (χ3n) is 4.92. The van der Waals surface area contributed by atoms with Gasteiger partial charge in [0.1, 0.15) is 17.8 Å². The van der Waals surface area contributed by atoms with E-state index >= 15 is 0 Å². The van der Waals surface area contributed by atoms with Crippen molar-refractivity contribution in [3.05, 3.63) is 30.1 Å². The lowest BCUT2D eigenvalue weighted by molar-refractivity contribution is 0.0601. The summed E-state index contributed by atoms with van der Waals surface area (Å²) >= 11 is 0. The van der Waals surface area contributed by atoms with Crippen LogP contribution in [-0.4, -0.2) is 40.1 Å². The average Bonchev–Trinajstić information content (AvgIpc) is 3.01. The number of nitrogens with zero attached hydrogens (tertiary/aromatic N) is 2. The molecule has 1 aromatic carbocycles. The Morgan fingerprint density at radius 3 is 2.84 bits per heavy atom. The zero-order chi connectivity index (χ0) is 17.4. The first kappa shape index (κ1) is 15.8. The number of benzene rings is 1. The van der Waals surface area contributed by atoms with E-state index in [0.29, 0.717) is 17.6 Å². The lowest BCUT2D eigenvalue weighted by atomic mass is 9.92. The van der Waals surface area contributed by atoms with Gasteiger partial charge < -0.3 is 20.8 Å². The number of carbonyl (C=O) groups is 1. The zero-order valence-electron chi connectivity index (χ0n) is 14.1. The summed E-state index contributed by atoms with van der Waals surface area (Å²) in [4.78, 5) is 23.8. The van der Waals surface area contributed by atoms with E-state index in [9.17, 15) is 4.79 Å². The number of H-pyrrole nitrogens is 1. The van der Waals surface area contributed by atoms with Crippen molar-refractivity contribution in [2.75, 3.05) is 12.4 Å². The molecule has 130 valence electrons. The summed E-state index contributed by atoms with van der Waals surface area (Å²) in [6.45, 7) is 0. The van der Waals surface area contributed by atoms with E-state index in [2.05, 4.69) is 20.3 Å². The molecule has 4 rings (SSSR count). The molecule has 0 amide bonds. The van der Waals surface area contributed by atoms with Crippen molar-refractivity contribution in [2.24, 2.45) is 5.73 Å². The Labute approximate surface area is 145 Å². The van der Waals surface area contributed by atoms with Gasteiger partial charge in [0.2, 0.25) is 0 Å². The number of hydrogen-bond donors (Lipinski definition) is 3. The minimum absolute atomic E-state index is 0.313. The van der Waals surface area contributed by atoms with Gasteiger partial charge >= 0.3 is 5.97 Å². The maximum atomic E-state index is 11.7. The number of aromatic amines is 1. The van der Waals surface area contributed by atoms with Crippen molar-refractivity contribution in [3.8, 4) is 0 Å². The molecule has 1 fully saturated rings. The number of ether oxygens (including phenoxy) is 1. The molecular formula is C18H21N5O2. The number of nitrogens with one attached hydrogen (secondary N) is 2. The SMILES string of the molecule is COC(=O)c1ccc2c(c1)[nH]c1ncnc(N[C@H]3CC[C@H](N)CC3)c12. The third-order valence-corrected chi connectivity index (χ3v) is 4.92. The fourth-order valence-corrected chi connectivity index (χ4v) is 3.54. The summed E-state index contributed by atoms with van der Waals surface area (Å²) in [5.41, 5.74) is 8.09. The van der Waals surface area contributed by atoms with Crippen molar-refractivity contribution < 1.29 is 9.53 Å². The van der Waals surface area contributed by atoms with Crippen LogP contribution in [0.4, 0.5) is 5.82 Å². The molecule has 0 bridgehead atoms. The van der Waals surface area contributed by atoms with E-state index in [1.807, 2.05) is 6.07 Å². The number of hydrogen-bond acceptors (Lipinski definition) is 6. The van der Waals surface area contributed by atoms with E-state index in [-0.39, 0.29) is 5.97 Å². The minimum Gasteiger partial charge on any atom is -0.465 e. The summed E-state index contributed by atoms with van der Waals surface area (Å²) in [6.07, 6.45) is 5.70. The molecule has 25 heavy (non-hydrogen) atoms. The van der Waals surface area contributed by atoms with Crippen LogP contribution >= 0.6 is 0 Å². The van der Waals surface area contributed by atoms with E-state index in [4.69, 9.17) is 10.5 Å². The number of methoxy groups -OCH3 is 1. The molecule has 7 nitrogen and oxygen atoms in total. The summed E-state index contributed by atoms with van der Waals surface area (Å²) < 4.78 is 4.79. The molecule has 4 N–H and O–H groups in total. The van der Waals surface area contributed by atoms with Gasteiger partial charge in [0.05, 0.1) is 18.1 Å². The molecule has 0 radical (unpaired) electrons. The van der Waals surface area contributed by atoms with E-state index in [1.54, 1.807) is 18.5 Å². The highest BCUT2D eigenvalue weighted by Gasteiger charge is 2.20. The first-order valence-corrected chi connectivity index (χ1v) is 8.52. The third kappa shape index (κ3) is 2.91. The molecule has 2 aromatic heterocycles. The molecule has 0 aliphatic heterocycles. The van der Waals surface area contributed by atoms with Gasteiger partial charge in [0, 0.05) is 23.0 Å². The van der Waals surface area contributed by atoms with Crippen LogP contribution in [-0.2, 0) is 4.74 Å². The van der Waals surface area contributed by atoms with Crippen LogP contribution < -0.4 is 11.1 Å². The van der Waals surface area contributed by atoms with Crippen LogP contribution in [0.15, 0.2) is 24.5 Å². The molecule has 0 unspecified atom stereocenters. The Balaban J connectivity index is 1.73. The number of fused-ring (bicyclic) bond motifs is 3. The van der Waals surface area contributed by atoms with Crippen LogP contribution in [0.3, 0.4) is 0 Å². The summed E-state index contributed by atoms with van der Waals surface area (Å²) in [7, 11) is 1.38. The molecule has 2 heterocycles. The van der Waals surface area contributed by atoms with Gasteiger partial charge in [-0.15, -0.1) is 0 Å². The number of carbonyl (C=O) groups excluding carboxylic acids is 1. The van der Waals surface area contributed by atoms with Gasteiger partial charge in [-0.1, -0.05) is 6.07 Å². The standard InChI is InChI=1S/C18H21N5O2/c1-25-18(24)10-2-7-13-14(8-10)23-17-15(13)16(20-9-21-17)22-12-5-3-11(19)4-6-12/h2,7-9,11-12H,3-6,19H2,1H3,(H2,20,21,22,23)/t11-,12-. The largest absolute Gasteiger partial charge is 0.465 e. The lowest BCUT2D eigenvalue weighted by Crippen LogP contribution is -2.33. The summed E-state index contributed by atoms with van der Waals surface area (Å²) in [5, 5.41) is 5.49. The Morgan fingerprint density at radius 1 is 1.28 bits per heavy atom. The number of aromatic nitrogens is 3. The molecule has 7 heteroatoms. The molecule has 1 aliphatic rings. The normalized spacial score (nSPS) is 20.7. The predicted octanol–water partition coefficient (Wildman–Crippen LogP) is 2.58. The van der Waals surface area contributed by atoms with Crippen molar-refractivity contribution in [2.45, 2.75) is 37.8 Å². The molecule has 0 spiro atoms. The topological polar surface area (TPSA) is 106 Å². The fourth-order valence-electron chi connectivity index (χ4n) is 3.54. The van der Waals surface area contributed by atoms with Crippen molar-refractivity contribution in [1.82, 2.24) is 15.0 Å². The monoisotopic (exact) mass is 339 g/mol. The van der Waals surface area contributed by atoms with Crippen LogP contribution in [0.1, 0.15) is 36.0 Å². The molecular weight excluding hydrogens is 318 g/mol. The number of anilines is 1. The molecule has 0 atom stereocenters. The summed E-state index contributed by atoms with van der Waals surface area (Å²) in [5.74, 6) is 0.464. The Hall–Kier alpha value is -2.67. The van der Waals surface area contributed by atoms with E-state index in [1.165, 1.54) is 7.11 Å². The van der Waals surface area contributed by atoms with Gasteiger partial charge in [0.15, 0.2) is 0 Å². The molecule has 1 aliphatic carbocycles. The maximum Gasteiger partial charge on any atom is 0.337 e. The van der Waals surface area contributed by atoms with Gasteiger partial charge in [-0.05, 0) is 37.8 Å². The molecule has 3 aromatic rings. The van der Waals surface area contributed by atoms with Gasteiger partial charge in [0.25, 0.3) is 0 Å². The molecule has 0 saturated heterocycles. The first-order valence-electron chi connectivity index (χ1n) is 8.52. The van der Waals surface area contributed by atoms with Crippen molar-refractivity contribution >= 4 is 33.7 Å². The Bertz CT molecular complexity index is 928. The second kappa shape index (κ2) is 6.33. The van der Waals surface area contributed by atoms with Crippen molar-refractivity contribution in [3.63, 3.8) is 0 Å². The van der Waals surface area contributed by atoms with Crippen LogP contribution in [0, 0.1) is 0 Å². The van der Waals surface area contributed by atoms with Gasteiger partial charge in [-0.2, -0.15) is 0 Å². The van der Waals surface area contributed by atoms with E-state index in [0.717, 1.165) is 53.4 Å². The van der Waals surface area contributed by atoms with Gasteiger partial charge in [-0.25, -0.2) is 14.8 Å². The summed E-state index contributed by atoms with van der Waals surface area (Å²) in [6, 6.07) is 6.14. The highest BCUT2D eigenvalue weighted by atomic mass is 16.5. The lowest BCUT2D eigenvalue weighted by Gasteiger charge is -2.27. The second-order valence-corrected chi connectivity index (χ2v) is 6.58. The fraction of sp³-hybridized carbons (Fsp3) is 0.389. The maximum absolute atomic E-state index is 11.7. The second-order valence-electron chi connectivity index (χ2n) is 6.58. The smallest absolute Gasteiger partial charge is 0.337 e. The predicted molar refractivity (Wildman–Crippen MR) is 96.6 cm³/mol. The van der Waals surface area contributed by atoms with Crippen LogP contribution in [0.2, 0.25) is 0 Å². The molecule has 1 saturated carbocycles. The zero-order valence-corrected chi connectivity index (χ0v) is 14.1. The Morgan fingerprint density at radius 2 is 2.08 bits per heavy atom. The van der Waals surface area contributed by atoms with Crippen LogP contribution in [0.5, 0.6) is 0 Å². The Kier molecular flexibility index (Phi) is 4.01. The number of esters is 1. The average molecular weight is 339 g/mol. The first-order chi connectivity index (χ1) is 12.2. The highest BCUT2D eigenvalue weighted by molar-refractivity contribution is 6.12. The van der Waals surface area contributed by atoms with E-state index < -0.39 is 0 Å². The number of rotatable bonds is 3.